The predicted octanol–water partition coefficient (Wildman–Crippen LogP) is 9.02. The number of phosphoric ester groups is 1. The number of likely N-dealkylation sites (N-methyl/N-ethyl adjacent to an activating group) is 1. The fourth-order valence-electron chi connectivity index (χ4n) is 4.32. The van der Waals surface area contributed by atoms with Crippen LogP contribution in [0.3, 0.4) is 0 Å². The number of allylic oxidation sites excluding steroid dienone is 8. The molecule has 0 saturated carbocycles. The fourth-order valence-corrected chi connectivity index (χ4v) is 5.05. The van der Waals surface area contributed by atoms with Crippen molar-refractivity contribution in [2.75, 3.05) is 54.1 Å². The summed E-state index contributed by atoms with van der Waals surface area (Å²) in [7, 11) is 1.32. The van der Waals surface area contributed by atoms with E-state index in [4.69, 9.17) is 18.5 Å². The van der Waals surface area contributed by atoms with Crippen LogP contribution in [-0.2, 0) is 27.9 Å². The van der Waals surface area contributed by atoms with Gasteiger partial charge in [0.2, 0.25) is 0 Å². The number of carbonyl (C=O) groups excluding carboxylic acids is 1. The van der Waals surface area contributed by atoms with Crippen molar-refractivity contribution >= 4 is 13.8 Å². The summed E-state index contributed by atoms with van der Waals surface area (Å²) in [6.07, 6.45) is 34.1. The monoisotopic (exact) mass is 669 g/mol. The molecular weight excluding hydrogens is 601 g/mol. The summed E-state index contributed by atoms with van der Waals surface area (Å²) < 4.78 is 34.3. The lowest BCUT2D eigenvalue weighted by Gasteiger charge is -2.28. The van der Waals surface area contributed by atoms with Gasteiger partial charge in [-0.3, -0.25) is 9.36 Å². The Kier molecular flexibility index (Phi) is 29.7. The zero-order valence-electron chi connectivity index (χ0n) is 30.0. The number of phosphoric acid groups is 1. The molecule has 0 spiro atoms. The highest BCUT2D eigenvalue weighted by molar-refractivity contribution is 7.45. The van der Waals surface area contributed by atoms with Gasteiger partial charge in [0.25, 0.3) is 7.82 Å². The summed E-state index contributed by atoms with van der Waals surface area (Å²) in [6, 6.07) is 0. The van der Waals surface area contributed by atoms with E-state index in [9.17, 15) is 14.3 Å². The van der Waals surface area contributed by atoms with E-state index < -0.39 is 13.9 Å². The molecule has 268 valence electrons. The minimum atomic E-state index is -4.52. The van der Waals surface area contributed by atoms with Gasteiger partial charge in [0.1, 0.15) is 19.3 Å². The van der Waals surface area contributed by atoms with Crippen LogP contribution in [0.15, 0.2) is 48.6 Å². The number of hydrogen-bond donors (Lipinski definition) is 0. The number of esters is 1. The maximum atomic E-state index is 12.5. The van der Waals surface area contributed by atoms with E-state index in [2.05, 4.69) is 62.5 Å². The van der Waals surface area contributed by atoms with Crippen LogP contribution in [0, 0.1) is 0 Å². The first-order valence-electron chi connectivity index (χ1n) is 17.9. The molecule has 0 fully saturated rings. The van der Waals surface area contributed by atoms with Crippen LogP contribution in [0.25, 0.3) is 0 Å². The molecule has 8 nitrogen and oxygen atoms in total. The first-order chi connectivity index (χ1) is 22.1. The largest absolute Gasteiger partial charge is 0.756 e. The topological polar surface area (TPSA) is 94.1 Å². The normalized spacial score (nSPS) is 14.7. The quantitative estimate of drug-likeness (QED) is 0.0232. The zero-order valence-corrected chi connectivity index (χ0v) is 30.9. The molecule has 0 aromatic carbocycles. The van der Waals surface area contributed by atoms with E-state index in [-0.39, 0.29) is 25.8 Å². The van der Waals surface area contributed by atoms with Crippen LogP contribution in [0.5, 0.6) is 0 Å². The van der Waals surface area contributed by atoms with Crippen molar-refractivity contribution in [3.8, 4) is 0 Å². The lowest BCUT2D eigenvalue weighted by Crippen LogP contribution is -2.37. The van der Waals surface area contributed by atoms with Crippen LogP contribution in [0.2, 0.25) is 0 Å². The molecule has 0 saturated heterocycles. The van der Waals surface area contributed by atoms with Crippen LogP contribution in [0.1, 0.15) is 123 Å². The Morgan fingerprint density at radius 3 is 1.91 bits per heavy atom. The van der Waals surface area contributed by atoms with Gasteiger partial charge in [-0.05, 0) is 64.2 Å². The van der Waals surface area contributed by atoms with Crippen molar-refractivity contribution in [2.24, 2.45) is 0 Å². The van der Waals surface area contributed by atoms with Crippen LogP contribution >= 0.6 is 7.82 Å². The second-order valence-electron chi connectivity index (χ2n) is 12.8. The average Bonchev–Trinajstić information content (AvgIpc) is 2.99. The third kappa shape index (κ3) is 33.8. The van der Waals surface area contributed by atoms with E-state index in [1.165, 1.54) is 12.8 Å². The Morgan fingerprint density at radius 2 is 1.26 bits per heavy atom. The SMILES string of the molecule is CC/C=C\C/C=C\C/C=C\CCCCCCOCC(COP(=O)([O-])OCC[N+](C)(C)C)OC(=O)CCCCCCC/C=C\CCC. The van der Waals surface area contributed by atoms with Crippen molar-refractivity contribution in [3.63, 3.8) is 0 Å². The number of hydrogen-bond acceptors (Lipinski definition) is 7. The molecule has 0 amide bonds. The van der Waals surface area contributed by atoms with E-state index in [0.717, 1.165) is 89.9 Å². The van der Waals surface area contributed by atoms with Crippen LogP contribution < -0.4 is 4.89 Å². The molecule has 0 aliphatic rings. The van der Waals surface area contributed by atoms with E-state index in [1.807, 2.05) is 21.1 Å². The van der Waals surface area contributed by atoms with E-state index in [0.29, 0.717) is 24.1 Å². The van der Waals surface area contributed by atoms with Gasteiger partial charge in [-0.1, -0.05) is 101 Å². The predicted molar refractivity (Wildman–Crippen MR) is 190 cm³/mol. The molecule has 0 rings (SSSR count). The second kappa shape index (κ2) is 30.8. The second-order valence-corrected chi connectivity index (χ2v) is 14.3. The standard InChI is InChI=1S/C37H68NO7P/c1-6-8-10-12-14-16-18-19-20-21-23-25-27-29-32-42-34-36(35-44-46(40,41)43-33-31-38(3,4)5)45-37(39)30-28-26-24-22-17-15-13-11-9-7-2/h8,10-11,13-14,16,19-20,36H,6-7,9,12,15,17-18,21-35H2,1-5H3/b10-8-,13-11-,16-14-,20-19-. The Hall–Kier alpha value is -1.54. The number of ether oxygens (including phenoxy) is 2. The van der Waals surface area contributed by atoms with E-state index >= 15 is 0 Å². The molecular formula is C37H68NO7P. The van der Waals surface area contributed by atoms with Gasteiger partial charge in [-0.25, -0.2) is 0 Å². The number of quaternary nitrogens is 1. The van der Waals surface area contributed by atoms with Gasteiger partial charge in [-0.15, -0.1) is 0 Å². The minimum Gasteiger partial charge on any atom is -0.756 e. The molecule has 0 radical (unpaired) electrons. The summed E-state index contributed by atoms with van der Waals surface area (Å²) in [5.74, 6) is -0.358. The Bertz CT molecular complexity index is 879. The Morgan fingerprint density at radius 1 is 0.696 bits per heavy atom. The minimum absolute atomic E-state index is 0.0179. The zero-order chi connectivity index (χ0) is 34.2. The Labute approximate surface area is 282 Å². The van der Waals surface area contributed by atoms with Crippen molar-refractivity contribution < 1.29 is 37.3 Å². The summed E-state index contributed by atoms with van der Waals surface area (Å²) in [6.45, 7) is 5.13. The first-order valence-corrected chi connectivity index (χ1v) is 19.3. The number of carbonyl (C=O) groups is 1. The lowest BCUT2D eigenvalue weighted by atomic mass is 10.1. The highest BCUT2D eigenvalue weighted by Gasteiger charge is 2.20. The van der Waals surface area contributed by atoms with Crippen molar-refractivity contribution in [3.05, 3.63) is 48.6 Å². The molecule has 0 N–H and O–H groups in total. The summed E-state index contributed by atoms with van der Waals surface area (Å²) in [5.41, 5.74) is 0. The summed E-state index contributed by atoms with van der Waals surface area (Å²) in [5, 5.41) is 0. The fraction of sp³-hybridized carbons (Fsp3) is 0.757. The first kappa shape index (κ1) is 44.5. The molecule has 9 heteroatoms. The molecule has 46 heavy (non-hydrogen) atoms. The average molecular weight is 670 g/mol. The number of nitrogens with zero attached hydrogens (tertiary/aromatic N) is 1. The maximum absolute atomic E-state index is 12.5. The highest BCUT2D eigenvalue weighted by Crippen LogP contribution is 2.38. The smallest absolute Gasteiger partial charge is 0.306 e. The molecule has 0 aromatic heterocycles. The van der Waals surface area contributed by atoms with Crippen molar-refractivity contribution in [1.29, 1.82) is 0 Å². The number of unbranched alkanes of at least 4 members (excludes halogenated alkanes) is 10. The summed E-state index contributed by atoms with van der Waals surface area (Å²) in [4.78, 5) is 24.8. The molecule has 0 bridgehead atoms. The van der Waals surface area contributed by atoms with Crippen molar-refractivity contribution in [2.45, 2.75) is 129 Å². The highest BCUT2D eigenvalue weighted by atomic mass is 31.2. The van der Waals surface area contributed by atoms with Gasteiger partial charge in [0.05, 0.1) is 34.4 Å². The Balaban J connectivity index is 4.39. The van der Waals surface area contributed by atoms with Gasteiger partial charge >= 0.3 is 5.97 Å². The molecule has 0 heterocycles. The van der Waals surface area contributed by atoms with Crippen LogP contribution in [0.4, 0.5) is 0 Å². The molecule has 2 atom stereocenters. The van der Waals surface area contributed by atoms with Gasteiger partial charge in [-0.2, -0.15) is 0 Å². The third-order valence-electron chi connectivity index (χ3n) is 7.10. The van der Waals surface area contributed by atoms with Gasteiger partial charge in [0.15, 0.2) is 0 Å². The number of rotatable bonds is 32. The van der Waals surface area contributed by atoms with Crippen molar-refractivity contribution in [1.82, 2.24) is 0 Å². The molecule has 0 aliphatic carbocycles. The summed E-state index contributed by atoms with van der Waals surface area (Å²) >= 11 is 0. The van der Waals surface area contributed by atoms with E-state index in [1.54, 1.807) is 0 Å². The lowest BCUT2D eigenvalue weighted by molar-refractivity contribution is -0.870. The maximum Gasteiger partial charge on any atom is 0.306 e. The third-order valence-corrected chi connectivity index (χ3v) is 8.06. The van der Waals surface area contributed by atoms with Gasteiger partial charge in [0, 0.05) is 13.0 Å². The van der Waals surface area contributed by atoms with Crippen LogP contribution in [-0.4, -0.2) is 70.7 Å². The molecule has 2 unspecified atom stereocenters. The molecule has 0 aromatic rings. The molecule has 0 aliphatic heterocycles. The van der Waals surface area contributed by atoms with Gasteiger partial charge < -0.3 is 27.9 Å².